The number of aliphatic hydroxyl groups is 1. The molecule has 0 amide bonds. The molecule has 0 aromatic heterocycles. The summed E-state index contributed by atoms with van der Waals surface area (Å²) in [5.74, 6) is 0. The lowest BCUT2D eigenvalue weighted by Gasteiger charge is -2.36. The molecule has 0 aromatic carbocycles. The summed E-state index contributed by atoms with van der Waals surface area (Å²) in [6, 6.07) is 0. The minimum Gasteiger partial charge on any atom is -0.387 e. The highest BCUT2D eigenvalue weighted by Crippen LogP contribution is 2.33. The second kappa shape index (κ2) is 1.19. The van der Waals surface area contributed by atoms with E-state index in [0.29, 0.717) is 12.8 Å². The minimum atomic E-state index is -0.986. The summed E-state index contributed by atoms with van der Waals surface area (Å²) < 4.78 is 12.0. The van der Waals surface area contributed by atoms with Crippen LogP contribution in [0.3, 0.4) is 0 Å². The molecule has 0 spiro atoms. The third-order valence-corrected chi connectivity index (χ3v) is 1.58. The van der Waals surface area contributed by atoms with Gasteiger partial charge in [-0.2, -0.15) is 0 Å². The minimum absolute atomic E-state index is 0.535. The molecule has 0 radical (unpaired) electrons. The first kappa shape index (κ1) is 5.04. The van der Waals surface area contributed by atoms with Crippen molar-refractivity contribution in [3.05, 3.63) is 0 Å². The Bertz CT molecular complexity index is 80.1. The summed E-state index contributed by atoms with van der Waals surface area (Å²) in [6.45, 7) is 1.53. The van der Waals surface area contributed by atoms with Gasteiger partial charge in [-0.05, 0) is 19.8 Å². The van der Waals surface area contributed by atoms with Gasteiger partial charge in [0, 0.05) is 0 Å². The fourth-order valence-electron chi connectivity index (χ4n) is 0.671. The average molecular weight is 104 g/mol. The summed E-state index contributed by atoms with van der Waals surface area (Å²) in [4.78, 5) is 0. The van der Waals surface area contributed by atoms with Crippen molar-refractivity contribution >= 4 is 0 Å². The maximum atomic E-state index is 12.0. The Hall–Kier alpha value is -0.110. The predicted molar refractivity (Wildman–Crippen MR) is 24.8 cm³/mol. The molecular formula is C5H9FO. The Morgan fingerprint density at radius 2 is 2.29 bits per heavy atom. The fraction of sp³-hybridized carbons (Fsp3) is 1.00. The second-order valence-electron chi connectivity index (χ2n) is 2.36. The summed E-state index contributed by atoms with van der Waals surface area (Å²) in [5.41, 5.74) is -0.986. The van der Waals surface area contributed by atoms with Crippen molar-refractivity contribution in [2.45, 2.75) is 31.5 Å². The lowest BCUT2D eigenvalue weighted by Crippen LogP contribution is -2.45. The molecule has 1 fully saturated rings. The molecule has 1 nitrogen and oxygen atoms in total. The molecule has 1 aliphatic rings. The third-order valence-electron chi connectivity index (χ3n) is 1.58. The van der Waals surface area contributed by atoms with E-state index < -0.39 is 11.8 Å². The standard InChI is InChI=1S/C5H9FO/c1-5(7)3-2-4(5)6/h4,7H,2-3H2,1H3. The van der Waals surface area contributed by atoms with E-state index in [1.54, 1.807) is 0 Å². The zero-order chi connectivity index (χ0) is 5.49. The maximum Gasteiger partial charge on any atom is 0.128 e. The van der Waals surface area contributed by atoms with Crippen LogP contribution in [0.2, 0.25) is 0 Å². The SMILES string of the molecule is CC1(O)CCC1F. The predicted octanol–water partition coefficient (Wildman–Crippen LogP) is 0.869. The van der Waals surface area contributed by atoms with Crippen LogP contribution in [0.15, 0.2) is 0 Å². The van der Waals surface area contributed by atoms with Gasteiger partial charge in [0.1, 0.15) is 6.17 Å². The Morgan fingerprint density at radius 3 is 2.29 bits per heavy atom. The van der Waals surface area contributed by atoms with Crippen molar-refractivity contribution in [3.63, 3.8) is 0 Å². The monoisotopic (exact) mass is 104 g/mol. The Labute approximate surface area is 42.2 Å². The molecule has 1 aliphatic carbocycles. The van der Waals surface area contributed by atoms with Crippen molar-refractivity contribution < 1.29 is 9.50 Å². The number of alkyl halides is 1. The van der Waals surface area contributed by atoms with Gasteiger partial charge >= 0.3 is 0 Å². The van der Waals surface area contributed by atoms with E-state index in [2.05, 4.69) is 0 Å². The Balaban J connectivity index is 2.43. The molecule has 7 heavy (non-hydrogen) atoms. The van der Waals surface area contributed by atoms with E-state index in [1.165, 1.54) is 6.92 Å². The van der Waals surface area contributed by atoms with E-state index in [9.17, 15) is 4.39 Å². The van der Waals surface area contributed by atoms with Gasteiger partial charge in [-0.3, -0.25) is 0 Å². The van der Waals surface area contributed by atoms with Crippen LogP contribution in [-0.2, 0) is 0 Å². The first-order chi connectivity index (χ1) is 3.13. The van der Waals surface area contributed by atoms with Crippen LogP contribution in [-0.4, -0.2) is 16.9 Å². The van der Waals surface area contributed by atoms with Gasteiger partial charge < -0.3 is 5.11 Å². The van der Waals surface area contributed by atoms with Crippen LogP contribution in [0.1, 0.15) is 19.8 Å². The Kier molecular flexibility index (Phi) is 0.854. The molecule has 0 aliphatic heterocycles. The molecule has 1 rings (SSSR count). The van der Waals surface area contributed by atoms with Gasteiger partial charge in [0.15, 0.2) is 0 Å². The van der Waals surface area contributed by atoms with Gasteiger partial charge in [0.25, 0.3) is 0 Å². The summed E-state index contributed by atoms with van der Waals surface area (Å²) in [5, 5.41) is 8.81. The molecule has 2 heteroatoms. The van der Waals surface area contributed by atoms with Crippen molar-refractivity contribution in [2.75, 3.05) is 0 Å². The van der Waals surface area contributed by atoms with E-state index in [0.717, 1.165) is 0 Å². The van der Waals surface area contributed by atoms with E-state index in [1.807, 2.05) is 0 Å². The second-order valence-corrected chi connectivity index (χ2v) is 2.36. The molecule has 0 heterocycles. The van der Waals surface area contributed by atoms with E-state index >= 15 is 0 Å². The quantitative estimate of drug-likeness (QED) is 0.483. The maximum absolute atomic E-state index is 12.0. The number of rotatable bonds is 0. The zero-order valence-corrected chi connectivity index (χ0v) is 4.32. The average Bonchev–Trinajstić information content (AvgIpc) is 1.63. The molecular weight excluding hydrogens is 95.1 g/mol. The van der Waals surface area contributed by atoms with Crippen LogP contribution in [0.5, 0.6) is 0 Å². The molecule has 2 unspecified atom stereocenters. The van der Waals surface area contributed by atoms with Gasteiger partial charge in [-0.1, -0.05) is 0 Å². The molecule has 42 valence electrons. The van der Waals surface area contributed by atoms with Crippen LogP contribution >= 0.6 is 0 Å². The largest absolute Gasteiger partial charge is 0.387 e. The molecule has 0 saturated heterocycles. The number of hydrogen-bond donors (Lipinski definition) is 1. The van der Waals surface area contributed by atoms with Gasteiger partial charge in [-0.25, -0.2) is 4.39 Å². The van der Waals surface area contributed by atoms with Crippen molar-refractivity contribution in [2.24, 2.45) is 0 Å². The number of hydrogen-bond acceptors (Lipinski definition) is 1. The van der Waals surface area contributed by atoms with Crippen LogP contribution in [0.4, 0.5) is 4.39 Å². The zero-order valence-electron chi connectivity index (χ0n) is 4.32. The summed E-state index contributed by atoms with van der Waals surface area (Å²) in [7, 11) is 0. The molecule has 0 bridgehead atoms. The van der Waals surface area contributed by atoms with Crippen LogP contribution in [0.25, 0.3) is 0 Å². The first-order valence-electron chi connectivity index (χ1n) is 2.49. The molecule has 1 saturated carbocycles. The van der Waals surface area contributed by atoms with Gasteiger partial charge in [-0.15, -0.1) is 0 Å². The summed E-state index contributed by atoms with van der Waals surface area (Å²) in [6.07, 6.45) is 0.189. The smallest absolute Gasteiger partial charge is 0.128 e. The fourth-order valence-corrected chi connectivity index (χ4v) is 0.671. The molecule has 2 atom stereocenters. The third kappa shape index (κ3) is 0.630. The van der Waals surface area contributed by atoms with E-state index in [-0.39, 0.29) is 0 Å². The van der Waals surface area contributed by atoms with Crippen LogP contribution < -0.4 is 0 Å². The molecule has 1 N–H and O–H groups in total. The van der Waals surface area contributed by atoms with Crippen molar-refractivity contribution in [1.82, 2.24) is 0 Å². The van der Waals surface area contributed by atoms with Crippen molar-refractivity contribution in [1.29, 1.82) is 0 Å². The lowest BCUT2D eigenvalue weighted by molar-refractivity contribution is -0.0919. The van der Waals surface area contributed by atoms with E-state index in [4.69, 9.17) is 5.11 Å². The van der Waals surface area contributed by atoms with Crippen molar-refractivity contribution in [3.8, 4) is 0 Å². The summed E-state index contributed by atoms with van der Waals surface area (Å²) >= 11 is 0. The first-order valence-corrected chi connectivity index (χ1v) is 2.49. The van der Waals surface area contributed by atoms with Gasteiger partial charge in [0.2, 0.25) is 0 Å². The highest BCUT2D eigenvalue weighted by atomic mass is 19.1. The normalized spacial score (nSPS) is 51.0. The highest BCUT2D eigenvalue weighted by Gasteiger charge is 2.40. The lowest BCUT2D eigenvalue weighted by atomic mass is 9.80. The topological polar surface area (TPSA) is 20.2 Å². The highest BCUT2D eigenvalue weighted by molar-refractivity contribution is 4.92. The van der Waals surface area contributed by atoms with Gasteiger partial charge in [0.05, 0.1) is 5.60 Å². The number of halogens is 1. The molecule has 0 aromatic rings. The van der Waals surface area contributed by atoms with Crippen LogP contribution in [0, 0.1) is 0 Å². The Morgan fingerprint density at radius 1 is 1.86 bits per heavy atom.